The molecule has 2 amide bonds. The fourth-order valence-corrected chi connectivity index (χ4v) is 5.47. The van der Waals surface area contributed by atoms with Gasteiger partial charge in [-0.15, -0.1) is 11.3 Å². The maximum absolute atomic E-state index is 13.0. The molecule has 27 heavy (non-hydrogen) atoms. The Morgan fingerprint density at radius 1 is 1.15 bits per heavy atom. The summed E-state index contributed by atoms with van der Waals surface area (Å²) in [7, 11) is 1.91. The smallest absolute Gasteiger partial charge is 0.263 e. The molecule has 0 bridgehead atoms. The van der Waals surface area contributed by atoms with Crippen molar-refractivity contribution in [1.29, 1.82) is 0 Å². The number of fused-ring (bicyclic) bond motifs is 1. The van der Waals surface area contributed by atoms with E-state index in [9.17, 15) is 9.59 Å². The van der Waals surface area contributed by atoms with Crippen molar-refractivity contribution in [2.24, 2.45) is 5.92 Å². The zero-order chi connectivity index (χ0) is 19.2. The van der Waals surface area contributed by atoms with Gasteiger partial charge >= 0.3 is 0 Å². The monoisotopic (exact) mass is 390 g/mol. The Labute approximate surface area is 167 Å². The standard InChI is InChI=1S/C22H34N2O2S/c1-3-4-13-23(2)21(25)17-11-14-24(15-12-17)22(26)20-16-18-9-7-5-6-8-10-19(18)27-20/h16-17H,3-15H2,1-2H3. The lowest BCUT2D eigenvalue weighted by Crippen LogP contribution is -2.43. The Morgan fingerprint density at radius 3 is 2.56 bits per heavy atom. The molecule has 0 aromatic carbocycles. The van der Waals surface area contributed by atoms with Gasteiger partial charge in [0.2, 0.25) is 5.91 Å². The van der Waals surface area contributed by atoms with Crippen LogP contribution in [-0.2, 0) is 17.6 Å². The van der Waals surface area contributed by atoms with Crippen LogP contribution in [0.5, 0.6) is 0 Å². The van der Waals surface area contributed by atoms with Crippen LogP contribution in [0.1, 0.15) is 78.4 Å². The highest BCUT2D eigenvalue weighted by Gasteiger charge is 2.30. The van der Waals surface area contributed by atoms with Gasteiger partial charge in [-0.3, -0.25) is 9.59 Å². The Balaban J connectivity index is 1.55. The maximum atomic E-state index is 13.0. The van der Waals surface area contributed by atoms with E-state index in [2.05, 4.69) is 13.0 Å². The molecular weight excluding hydrogens is 356 g/mol. The van der Waals surface area contributed by atoms with Gasteiger partial charge in [0.05, 0.1) is 4.88 Å². The number of hydrogen-bond acceptors (Lipinski definition) is 3. The molecule has 1 aromatic heterocycles. The van der Waals surface area contributed by atoms with E-state index < -0.39 is 0 Å². The number of hydrogen-bond donors (Lipinski definition) is 0. The number of unbranched alkanes of at least 4 members (excludes halogenated alkanes) is 1. The third kappa shape index (κ3) is 5.13. The van der Waals surface area contributed by atoms with Gasteiger partial charge in [-0.1, -0.05) is 26.2 Å². The molecule has 0 atom stereocenters. The van der Waals surface area contributed by atoms with E-state index >= 15 is 0 Å². The van der Waals surface area contributed by atoms with E-state index in [0.29, 0.717) is 13.1 Å². The summed E-state index contributed by atoms with van der Waals surface area (Å²) in [6.07, 6.45) is 11.1. The fraction of sp³-hybridized carbons (Fsp3) is 0.727. The average molecular weight is 391 g/mol. The molecule has 150 valence electrons. The lowest BCUT2D eigenvalue weighted by atomic mass is 9.95. The van der Waals surface area contributed by atoms with Crippen LogP contribution in [0, 0.1) is 5.92 Å². The molecule has 0 N–H and O–H groups in total. The second-order valence-corrected chi connectivity index (χ2v) is 9.29. The van der Waals surface area contributed by atoms with E-state index in [1.807, 2.05) is 16.8 Å². The topological polar surface area (TPSA) is 40.6 Å². The molecule has 1 aromatic rings. The third-order valence-electron chi connectivity index (χ3n) is 6.06. The first-order valence-corrected chi connectivity index (χ1v) is 11.6. The summed E-state index contributed by atoms with van der Waals surface area (Å²) in [5.41, 5.74) is 1.41. The van der Waals surface area contributed by atoms with Crippen molar-refractivity contribution in [2.75, 3.05) is 26.7 Å². The molecule has 0 spiro atoms. The van der Waals surface area contributed by atoms with Gasteiger partial charge in [0.25, 0.3) is 5.91 Å². The Bertz CT molecular complexity index is 621. The van der Waals surface area contributed by atoms with Crippen LogP contribution < -0.4 is 0 Å². The van der Waals surface area contributed by atoms with E-state index in [-0.39, 0.29) is 17.7 Å². The van der Waals surface area contributed by atoms with Crippen LogP contribution in [0.2, 0.25) is 0 Å². The fourth-order valence-electron chi connectivity index (χ4n) is 4.25. The van der Waals surface area contributed by atoms with Gasteiger partial charge in [-0.2, -0.15) is 0 Å². The highest BCUT2D eigenvalue weighted by atomic mass is 32.1. The average Bonchev–Trinajstić information content (AvgIpc) is 3.07. The molecule has 3 rings (SSSR count). The van der Waals surface area contributed by atoms with Crippen LogP contribution in [0.4, 0.5) is 0 Å². The number of rotatable bonds is 5. The number of thiophene rings is 1. The first-order valence-electron chi connectivity index (χ1n) is 10.8. The number of carbonyl (C=O) groups is 2. The largest absolute Gasteiger partial charge is 0.346 e. The molecule has 2 aliphatic rings. The van der Waals surface area contributed by atoms with Crippen molar-refractivity contribution in [3.05, 3.63) is 21.4 Å². The highest BCUT2D eigenvalue weighted by molar-refractivity contribution is 7.14. The van der Waals surface area contributed by atoms with Gasteiger partial charge in [-0.05, 0) is 56.6 Å². The molecule has 1 aliphatic heterocycles. The number of likely N-dealkylation sites (tertiary alicyclic amines) is 1. The zero-order valence-corrected chi connectivity index (χ0v) is 17.8. The SMILES string of the molecule is CCCCN(C)C(=O)C1CCN(C(=O)c2cc3c(s2)CCCCCC3)CC1. The van der Waals surface area contributed by atoms with E-state index in [4.69, 9.17) is 0 Å². The van der Waals surface area contributed by atoms with Crippen LogP contribution in [0.15, 0.2) is 6.07 Å². The van der Waals surface area contributed by atoms with Crippen LogP contribution >= 0.6 is 11.3 Å². The minimum Gasteiger partial charge on any atom is -0.346 e. The maximum Gasteiger partial charge on any atom is 0.263 e. The number of piperidine rings is 1. The molecule has 0 saturated carbocycles. The Hall–Kier alpha value is -1.36. The summed E-state index contributed by atoms with van der Waals surface area (Å²) in [6.45, 7) is 4.41. The highest BCUT2D eigenvalue weighted by Crippen LogP contribution is 2.30. The van der Waals surface area contributed by atoms with E-state index in [1.165, 1.54) is 36.1 Å². The van der Waals surface area contributed by atoms with Crippen molar-refractivity contribution in [1.82, 2.24) is 9.80 Å². The number of aryl methyl sites for hydroxylation is 2. The lowest BCUT2D eigenvalue weighted by molar-refractivity contribution is -0.135. The first-order chi connectivity index (χ1) is 13.1. The minimum absolute atomic E-state index is 0.0828. The molecule has 4 nitrogen and oxygen atoms in total. The summed E-state index contributed by atoms with van der Waals surface area (Å²) in [6, 6.07) is 2.16. The number of carbonyl (C=O) groups excluding carboxylic acids is 2. The molecule has 1 fully saturated rings. The van der Waals surface area contributed by atoms with Gasteiger partial charge in [0.15, 0.2) is 0 Å². The van der Waals surface area contributed by atoms with Crippen molar-refractivity contribution < 1.29 is 9.59 Å². The predicted octanol–water partition coefficient (Wildman–Crippen LogP) is 4.52. The van der Waals surface area contributed by atoms with E-state index in [1.54, 1.807) is 11.3 Å². The molecule has 0 unspecified atom stereocenters. The molecular formula is C22H34N2O2S. The number of amides is 2. The van der Waals surface area contributed by atoms with Crippen LogP contribution in [0.25, 0.3) is 0 Å². The molecule has 1 saturated heterocycles. The second kappa shape index (κ2) is 9.72. The van der Waals surface area contributed by atoms with Gasteiger partial charge in [0, 0.05) is 37.5 Å². The molecule has 1 aliphatic carbocycles. The summed E-state index contributed by atoms with van der Waals surface area (Å²) >= 11 is 1.71. The van der Waals surface area contributed by atoms with E-state index in [0.717, 1.165) is 49.9 Å². The molecule has 0 radical (unpaired) electrons. The summed E-state index contributed by atoms with van der Waals surface area (Å²) < 4.78 is 0. The van der Waals surface area contributed by atoms with Gasteiger partial charge in [0.1, 0.15) is 0 Å². The van der Waals surface area contributed by atoms with Crippen molar-refractivity contribution in [3.8, 4) is 0 Å². The van der Waals surface area contributed by atoms with Crippen LogP contribution in [-0.4, -0.2) is 48.3 Å². The molecule has 5 heteroatoms. The van der Waals surface area contributed by atoms with Crippen LogP contribution in [0.3, 0.4) is 0 Å². The predicted molar refractivity (Wildman–Crippen MR) is 111 cm³/mol. The normalized spacial score (nSPS) is 18.5. The summed E-state index contributed by atoms with van der Waals surface area (Å²) in [5, 5.41) is 0. The number of nitrogens with zero attached hydrogens (tertiary/aromatic N) is 2. The van der Waals surface area contributed by atoms with Crippen molar-refractivity contribution >= 4 is 23.2 Å². The van der Waals surface area contributed by atoms with Crippen molar-refractivity contribution in [2.45, 2.75) is 71.1 Å². The first kappa shape index (κ1) is 20.4. The molecule has 2 heterocycles. The van der Waals surface area contributed by atoms with Gasteiger partial charge < -0.3 is 9.80 Å². The Kier molecular flexibility index (Phi) is 7.33. The van der Waals surface area contributed by atoms with Gasteiger partial charge in [-0.25, -0.2) is 0 Å². The zero-order valence-electron chi connectivity index (χ0n) is 17.0. The summed E-state index contributed by atoms with van der Waals surface area (Å²) in [5.74, 6) is 0.520. The minimum atomic E-state index is 0.0828. The second-order valence-electron chi connectivity index (χ2n) is 8.15. The summed E-state index contributed by atoms with van der Waals surface area (Å²) in [4.78, 5) is 31.7. The van der Waals surface area contributed by atoms with Crippen molar-refractivity contribution in [3.63, 3.8) is 0 Å². The Morgan fingerprint density at radius 2 is 1.85 bits per heavy atom. The quantitative estimate of drug-likeness (QED) is 0.742. The lowest BCUT2D eigenvalue weighted by Gasteiger charge is -2.33. The third-order valence-corrected chi connectivity index (χ3v) is 7.29.